The molecule has 1 aliphatic carbocycles. The molecule has 98 valence electrons. The minimum absolute atomic E-state index is 0.000382. The molecule has 0 heterocycles. The second-order valence-electron chi connectivity index (χ2n) is 4.78. The topological polar surface area (TPSA) is 64.3 Å². The highest BCUT2D eigenvalue weighted by Gasteiger charge is 2.30. The maximum absolute atomic E-state index is 12.1. The molecule has 1 aromatic rings. The van der Waals surface area contributed by atoms with Gasteiger partial charge in [-0.25, -0.2) is 0 Å². The maximum atomic E-state index is 12.1. The zero-order chi connectivity index (χ0) is 13.0. The van der Waals surface area contributed by atoms with Crippen molar-refractivity contribution in [2.75, 3.05) is 12.4 Å². The Labute approximate surface area is 108 Å². The number of nitrogens with two attached hydrogens (primary N) is 1. The molecule has 0 spiro atoms. The Balaban J connectivity index is 2.06. The monoisotopic (exact) mass is 248 g/mol. The van der Waals surface area contributed by atoms with Crippen molar-refractivity contribution >= 4 is 11.6 Å². The fraction of sp³-hybridized carbons (Fsp3) is 0.500. The van der Waals surface area contributed by atoms with Crippen LogP contribution in [0.4, 0.5) is 5.69 Å². The summed E-state index contributed by atoms with van der Waals surface area (Å²) in [5.74, 6) is -0.0239. The van der Waals surface area contributed by atoms with Crippen molar-refractivity contribution in [3.8, 4) is 0 Å². The van der Waals surface area contributed by atoms with Crippen LogP contribution < -0.4 is 11.1 Å². The molecular formula is C14H20N2O2. The Bertz CT molecular complexity index is 420. The average molecular weight is 248 g/mol. The van der Waals surface area contributed by atoms with Gasteiger partial charge in [0.25, 0.3) is 0 Å². The summed E-state index contributed by atoms with van der Waals surface area (Å²) >= 11 is 0. The maximum Gasteiger partial charge on any atom is 0.229 e. The summed E-state index contributed by atoms with van der Waals surface area (Å²) in [7, 11) is 1.64. The quantitative estimate of drug-likeness (QED) is 0.855. The van der Waals surface area contributed by atoms with Crippen molar-refractivity contribution < 1.29 is 9.53 Å². The van der Waals surface area contributed by atoms with Gasteiger partial charge < -0.3 is 15.8 Å². The minimum Gasteiger partial charge on any atom is -0.380 e. The van der Waals surface area contributed by atoms with Crippen molar-refractivity contribution in [3.63, 3.8) is 0 Å². The van der Waals surface area contributed by atoms with Gasteiger partial charge in [0, 0.05) is 24.4 Å². The van der Waals surface area contributed by atoms with Crippen molar-refractivity contribution in [3.05, 3.63) is 29.8 Å². The van der Waals surface area contributed by atoms with Crippen LogP contribution in [0, 0.1) is 5.92 Å². The first-order valence-electron chi connectivity index (χ1n) is 6.35. The first-order chi connectivity index (χ1) is 8.72. The summed E-state index contributed by atoms with van der Waals surface area (Å²) in [6.07, 6.45) is 2.87. The van der Waals surface area contributed by atoms with Crippen LogP contribution in [0.1, 0.15) is 24.8 Å². The van der Waals surface area contributed by atoms with Crippen LogP contribution in [0.5, 0.6) is 0 Å². The summed E-state index contributed by atoms with van der Waals surface area (Å²) in [6, 6.07) is 7.69. The van der Waals surface area contributed by atoms with Crippen LogP contribution in [-0.2, 0) is 16.1 Å². The van der Waals surface area contributed by atoms with Gasteiger partial charge in [-0.1, -0.05) is 24.6 Å². The van der Waals surface area contributed by atoms with Gasteiger partial charge in [-0.2, -0.15) is 0 Å². The smallest absolute Gasteiger partial charge is 0.229 e. The van der Waals surface area contributed by atoms with Gasteiger partial charge in [0.1, 0.15) is 0 Å². The van der Waals surface area contributed by atoms with E-state index in [1.54, 1.807) is 7.11 Å². The van der Waals surface area contributed by atoms with Crippen molar-refractivity contribution in [2.24, 2.45) is 11.7 Å². The Morgan fingerprint density at radius 2 is 2.22 bits per heavy atom. The SMILES string of the molecule is COCc1ccccc1NC(=O)C1CCCC1N. The van der Waals surface area contributed by atoms with Gasteiger partial charge >= 0.3 is 0 Å². The molecule has 2 rings (SSSR count). The fourth-order valence-corrected chi connectivity index (χ4v) is 2.46. The van der Waals surface area contributed by atoms with Gasteiger partial charge in [0.05, 0.1) is 12.5 Å². The Hall–Kier alpha value is -1.39. The van der Waals surface area contributed by atoms with Crippen molar-refractivity contribution in [1.82, 2.24) is 0 Å². The number of ether oxygens (including phenoxy) is 1. The van der Waals surface area contributed by atoms with Gasteiger partial charge in [-0.3, -0.25) is 4.79 Å². The van der Waals surface area contributed by atoms with Crippen LogP contribution in [0.25, 0.3) is 0 Å². The molecule has 4 nitrogen and oxygen atoms in total. The first-order valence-corrected chi connectivity index (χ1v) is 6.35. The number of carbonyl (C=O) groups is 1. The van der Waals surface area contributed by atoms with Crippen LogP contribution in [0.3, 0.4) is 0 Å². The molecule has 1 aliphatic rings. The number of para-hydroxylation sites is 1. The second kappa shape index (κ2) is 5.98. The lowest BCUT2D eigenvalue weighted by atomic mass is 10.0. The van der Waals surface area contributed by atoms with Crippen molar-refractivity contribution in [1.29, 1.82) is 0 Å². The molecule has 2 unspecified atom stereocenters. The van der Waals surface area contributed by atoms with Crippen LogP contribution in [0.2, 0.25) is 0 Å². The lowest BCUT2D eigenvalue weighted by Gasteiger charge is -2.16. The summed E-state index contributed by atoms with van der Waals surface area (Å²) in [6.45, 7) is 0.493. The Morgan fingerprint density at radius 3 is 2.89 bits per heavy atom. The van der Waals surface area contributed by atoms with E-state index in [1.807, 2.05) is 24.3 Å². The molecular weight excluding hydrogens is 228 g/mol. The molecule has 2 atom stereocenters. The van der Waals surface area contributed by atoms with E-state index in [1.165, 1.54) is 0 Å². The molecule has 0 aromatic heterocycles. The second-order valence-corrected chi connectivity index (χ2v) is 4.78. The summed E-state index contributed by atoms with van der Waals surface area (Å²) in [4.78, 5) is 12.1. The average Bonchev–Trinajstić information content (AvgIpc) is 2.78. The number of benzene rings is 1. The number of rotatable bonds is 4. The minimum atomic E-state index is -0.0550. The number of nitrogens with one attached hydrogen (secondary N) is 1. The number of carbonyl (C=O) groups excluding carboxylic acids is 1. The van der Waals surface area contributed by atoms with E-state index in [0.29, 0.717) is 6.61 Å². The fourth-order valence-electron chi connectivity index (χ4n) is 2.46. The predicted octanol–water partition coefficient (Wildman–Crippen LogP) is 1.90. The third-order valence-electron chi connectivity index (χ3n) is 3.48. The molecule has 1 saturated carbocycles. The largest absolute Gasteiger partial charge is 0.380 e. The molecule has 3 N–H and O–H groups in total. The van der Waals surface area contributed by atoms with E-state index in [2.05, 4.69) is 5.32 Å². The van der Waals surface area contributed by atoms with E-state index in [4.69, 9.17) is 10.5 Å². The Morgan fingerprint density at radius 1 is 1.44 bits per heavy atom. The summed E-state index contributed by atoms with van der Waals surface area (Å²) in [5, 5.41) is 2.97. The highest BCUT2D eigenvalue weighted by Crippen LogP contribution is 2.26. The van der Waals surface area contributed by atoms with E-state index in [-0.39, 0.29) is 17.9 Å². The van der Waals surface area contributed by atoms with E-state index >= 15 is 0 Å². The molecule has 1 fully saturated rings. The lowest BCUT2D eigenvalue weighted by molar-refractivity contribution is -0.120. The van der Waals surface area contributed by atoms with Crippen LogP contribution in [-0.4, -0.2) is 19.1 Å². The Kier molecular flexibility index (Phi) is 4.33. The highest BCUT2D eigenvalue weighted by atomic mass is 16.5. The summed E-state index contributed by atoms with van der Waals surface area (Å²) < 4.78 is 5.12. The normalized spacial score (nSPS) is 23.0. The third-order valence-corrected chi connectivity index (χ3v) is 3.48. The van der Waals surface area contributed by atoms with Crippen LogP contribution >= 0.6 is 0 Å². The molecule has 0 aliphatic heterocycles. The van der Waals surface area contributed by atoms with E-state index < -0.39 is 0 Å². The van der Waals surface area contributed by atoms with Gasteiger partial charge in [0.2, 0.25) is 5.91 Å². The summed E-state index contributed by atoms with van der Waals surface area (Å²) in [5.41, 5.74) is 7.75. The lowest BCUT2D eigenvalue weighted by Crippen LogP contribution is -2.34. The first kappa shape index (κ1) is 13.1. The van der Waals surface area contributed by atoms with E-state index in [0.717, 1.165) is 30.5 Å². The number of hydrogen-bond donors (Lipinski definition) is 2. The number of hydrogen-bond acceptors (Lipinski definition) is 3. The zero-order valence-electron chi connectivity index (χ0n) is 10.7. The van der Waals surface area contributed by atoms with Gasteiger partial charge in [0.15, 0.2) is 0 Å². The molecule has 1 amide bonds. The predicted molar refractivity (Wildman–Crippen MR) is 71.1 cm³/mol. The molecule has 0 radical (unpaired) electrons. The van der Waals surface area contributed by atoms with E-state index in [9.17, 15) is 4.79 Å². The van der Waals surface area contributed by atoms with Crippen LogP contribution in [0.15, 0.2) is 24.3 Å². The molecule has 4 heteroatoms. The molecule has 18 heavy (non-hydrogen) atoms. The standard InChI is InChI=1S/C14H20N2O2/c1-18-9-10-5-2-3-8-13(10)16-14(17)11-6-4-7-12(11)15/h2-3,5,8,11-12H,4,6-7,9,15H2,1H3,(H,16,17). The highest BCUT2D eigenvalue weighted by molar-refractivity contribution is 5.93. The molecule has 0 bridgehead atoms. The van der Waals surface area contributed by atoms with Gasteiger partial charge in [-0.15, -0.1) is 0 Å². The van der Waals surface area contributed by atoms with Gasteiger partial charge in [-0.05, 0) is 18.9 Å². The molecule has 0 saturated heterocycles. The third kappa shape index (κ3) is 2.89. The number of anilines is 1. The zero-order valence-corrected chi connectivity index (χ0v) is 10.7. The number of methoxy groups -OCH3 is 1. The number of amides is 1. The van der Waals surface area contributed by atoms with Crippen molar-refractivity contribution in [2.45, 2.75) is 31.9 Å². The molecule has 1 aromatic carbocycles.